The van der Waals surface area contributed by atoms with Crippen molar-refractivity contribution in [2.75, 3.05) is 20.3 Å². The predicted molar refractivity (Wildman–Crippen MR) is 102 cm³/mol. The number of nitrogens with one attached hydrogen (secondary N) is 1. The lowest BCUT2D eigenvalue weighted by Gasteiger charge is -2.27. The quantitative estimate of drug-likeness (QED) is 0.615. The number of hydrogen-bond acceptors (Lipinski definition) is 4. The molecule has 1 aliphatic rings. The summed E-state index contributed by atoms with van der Waals surface area (Å²) in [6.07, 6.45) is 0.760. The minimum atomic E-state index is -0.0919. The van der Waals surface area contributed by atoms with Crippen molar-refractivity contribution in [1.29, 1.82) is 0 Å². The van der Waals surface area contributed by atoms with Gasteiger partial charge >= 0.3 is 0 Å². The van der Waals surface area contributed by atoms with Crippen molar-refractivity contribution < 1.29 is 14.2 Å². The van der Waals surface area contributed by atoms with Crippen LogP contribution in [0.1, 0.15) is 24.9 Å². The van der Waals surface area contributed by atoms with Gasteiger partial charge in [0.2, 0.25) is 0 Å². The monoisotopic (exact) mass is 355 g/mol. The summed E-state index contributed by atoms with van der Waals surface area (Å²) < 4.78 is 16.7. The van der Waals surface area contributed by atoms with Crippen LogP contribution in [-0.4, -0.2) is 32.3 Å². The first-order chi connectivity index (χ1) is 12.7. The van der Waals surface area contributed by atoms with E-state index in [-0.39, 0.29) is 12.1 Å². The van der Waals surface area contributed by atoms with Crippen LogP contribution in [-0.2, 0) is 0 Å². The second-order valence-electron chi connectivity index (χ2n) is 6.20. The molecule has 26 heavy (non-hydrogen) atoms. The number of aliphatic imine (C=N–C) groups is 1. The molecule has 2 unspecified atom stereocenters. The van der Waals surface area contributed by atoms with Gasteiger partial charge in [0.1, 0.15) is 23.4 Å². The lowest BCUT2D eigenvalue weighted by atomic mass is 10.0. The third-order valence-corrected chi connectivity index (χ3v) is 4.20. The lowest BCUT2D eigenvalue weighted by Crippen LogP contribution is -2.38. The summed E-state index contributed by atoms with van der Waals surface area (Å²) in [5, 5.41) is 3.29. The van der Waals surface area contributed by atoms with Crippen molar-refractivity contribution >= 4 is 5.96 Å². The number of guanidine groups is 1. The Morgan fingerprint density at radius 2 is 1.96 bits per heavy atom. The van der Waals surface area contributed by atoms with Crippen molar-refractivity contribution in [3.63, 3.8) is 0 Å². The maximum absolute atomic E-state index is 6.07. The average molecular weight is 355 g/mol. The normalized spacial score (nSPS) is 17.6. The van der Waals surface area contributed by atoms with E-state index in [4.69, 9.17) is 19.9 Å². The van der Waals surface area contributed by atoms with Crippen LogP contribution >= 0.6 is 0 Å². The summed E-state index contributed by atoms with van der Waals surface area (Å²) in [5.74, 6) is 2.89. The molecule has 3 rings (SSSR count). The second kappa shape index (κ2) is 8.47. The van der Waals surface area contributed by atoms with Gasteiger partial charge in [-0.05, 0) is 37.3 Å². The highest BCUT2D eigenvalue weighted by Crippen LogP contribution is 2.31. The highest BCUT2D eigenvalue weighted by Gasteiger charge is 2.21. The zero-order chi connectivity index (χ0) is 18.4. The summed E-state index contributed by atoms with van der Waals surface area (Å²) in [7, 11) is 1.64. The van der Waals surface area contributed by atoms with Gasteiger partial charge in [0.15, 0.2) is 5.96 Å². The summed E-state index contributed by atoms with van der Waals surface area (Å²) in [6, 6.07) is 15.6. The zero-order valence-corrected chi connectivity index (χ0v) is 15.1. The maximum atomic E-state index is 6.07. The zero-order valence-electron chi connectivity index (χ0n) is 15.1. The highest BCUT2D eigenvalue weighted by molar-refractivity contribution is 5.78. The molecule has 2 aromatic carbocycles. The summed E-state index contributed by atoms with van der Waals surface area (Å²) in [5.41, 5.74) is 7.18. The van der Waals surface area contributed by atoms with E-state index in [9.17, 15) is 0 Å². The molecule has 0 saturated heterocycles. The highest BCUT2D eigenvalue weighted by atomic mass is 16.5. The van der Waals surface area contributed by atoms with E-state index in [1.807, 2.05) is 49.4 Å². The van der Waals surface area contributed by atoms with Crippen LogP contribution in [0.5, 0.6) is 17.2 Å². The van der Waals surface area contributed by atoms with E-state index < -0.39 is 0 Å². The van der Waals surface area contributed by atoms with Gasteiger partial charge in [-0.15, -0.1) is 0 Å². The molecular formula is C20H25N3O3. The third-order valence-electron chi connectivity index (χ3n) is 4.20. The molecule has 0 bridgehead atoms. The smallest absolute Gasteiger partial charge is 0.189 e. The van der Waals surface area contributed by atoms with Gasteiger partial charge in [0.05, 0.1) is 26.3 Å². The number of methoxy groups -OCH3 is 1. The van der Waals surface area contributed by atoms with E-state index in [0.29, 0.717) is 19.1 Å². The molecule has 0 amide bonds. The van der Waals surface area contributed by atoms with Crippen molar-refractivity contribution in [2.24, 2.45) is 10.7 Å². The third kappa shape index (κ3) is 4.59. The molecule has 2 atom stereocenters. The number of rotatable bonds is 6. The molecule has 0 spiro atoms. The Kier molecular flexibility index (Phi) is 5.84. The Morgan fingerprint density at radius 1 is 1.23 bits per heavy atom. The molecule has 1 heterocycles. The Bertz CT molecular complexity index is 746. The van der Waals surface area contributed by atoms with Crippen LogP contribution in [0.4, 0.5) is 0 Å². The molecule has 0 saturated carbocycles. The van der Waals surface area contributed by atoms with E-state index >= 15 is 0 Å². The van der Waals surface area contributed by atoms with E-state index in [0.717, 1.165) is 29.2 Å². The molecule has 1 aliphatic heterocycles. The standard InChI is InChI=1S/C20H25N3O3/c1-14(26-16-9-7-15(24-2)8-10-16)13-22-20(21)23-18-11-12-25-19-6-4-3-5-17(18)19/h3-10,14,18H,11-13H2,1-2H3,(H3,21,22,23). The first kappa shape index (κ1) is 17.9. The van der Waals surface area contributed by atoms with Gasteiger partial charge < -0.3 is 25.3 Å². The number of nitrogens with zero attached hydrogens (tertiary/aromatic N) is 1. The van der Waals surface area contributed by atoms with Gasteiger partial charge in [0.25, 0.3) is 0 Å². The van der Waals surface area contributed by atoms with Crippen LogP contribution in [0.2, 0.25) is 0 Å². The van der Waals surface area contributed by atoms with Crippen LogP contribution in [0.15, 0.2) is 53.5 Å². The lowest BCUT2D eigenvalue weighted by molar-refractivity contribution is 0.229. The van der Waals surface area contributed by atoms with Crippen LogP contribution in [0.3, 0.4) is 0 Å². The largest absolute Gasteiger partial charge is 0.497 e. The summed E-state index contributed by atoms with van der Waals surface area (Å²) in [6.45, 7) is 3.10. The molecule has 0 fully saturated rings. The van der Waals surface area contributed by atoms with E-state index in [2.05, 4.69) is 16.4 Å². The van der Waals surface area contributed by atoms with Crippen molar-refractivity contribution in [3.05, 3.63) is 54.1 Å². The first-order valence-corrected chi connectivity index (χ1v) is 8.74. The number of hydrogen-bond donors (Lipinski definition) is 2. The van der Waals surface area contributed by atoms with E-state index in [1.165, 1.54) is 0 Å². The maximum Gasteiger partial charge on any atom is 0.189 e. The average Bonchev–Trinajstić information content (AvgIpc) is 2.67. The molecule has 6 nitrogen and oxygen atoms in total. The number of fused-ring (bicyclic) bond motifs is 1. The summed E-state index contributed by atoms with van der Waals surface area (Å²) in [4.78, 5) is 4.41. The Balaban J connectivity index is 1.53. The van der Waals surface area contributed by atoms with Crippen LogP contribution in [0.25, 0.3) is 0 Å². The minimum absolute atomic E-state index is 0.0919. The number of para-hydroxylation sites is 1. The van der Waals surface area contributed by atoms with E-state index in [1.54, 1.807) is 7.11 Å². The van der Waals surface area contributed by atoms with Gasteiger partial charge in [0, 0.05) is 12.0 Å². The van der Waals surface area contributed by atoms with Crippen molar-refractivity contribution in [2.45, 2.75) is 25.5 Å². The van der Waals surface area contributed by atoms with Gasteiger partial charge in [-0.2, -0.15) is 0 Å². The molecular weight excluding hydrogens is 330 g/mol. The summed E-state index contributed by atoms with van der Waals surface area (Å²) >= 11 is 0. The minimum Gasteiger partial charge on any atom is -0.497 e. The molecule has 2 aromatic rings. The molecule has 0 aromatic heterocycles. The second-order valence-corrected chi connectivity index (χ2v) is 6.20. The SMILES string of the molecule is COc1ccc(OC(C)CN=C(N)NC2CCOc3ccccc32)cc1. The number of nitrogens with two attached hydrogens (primary N) is 1. The van der Waals surface area contributed by atoms with Crippen molar-refractivity contribution in [3.8, 4) is 17.2 Å². The Morgan fingerprint density at radius 3 is 2.73 bits per heavy atom. The predicted octanol–water partition coefficient (Wildman–Crippen LogP) is 2.89. The fraction of sp³-hybridized carbons (Fsp3) is 0.350. The number of benzene rings is 2. The van der Waals surface area contributed by atoms with Gasteiger partial charge in [-0.3, -0.25) is 0 Å². The molecule has 138 valence electrons. The topological polar surface area (TPSA) is 78.1 Å². The molecule has 0 aliphatic carbocycles. The number of ether oxygens (including phenoxy) is 3. The molecule has 6 heteroatoms. The first-order valence-electron chi connectivity index (χ1n) is 8.74. The van der Waals surface area contributed by atoms with Crippen LogP contribution in [0, 0.1) is 0 Å². The molecule has 0 radical (unpaired) electrons. The van der Waals surface area contributed by atoms with Gasteiger partial charge in [-0.1, -0.05) is 18.2 Å². The Labute approximate surface area is 154 Å². The molecule has 3 N–H and O–H groups in total. The fourth-order valence-corrected chi connectivity index (χ4v) is 2.87. The van der Waals surface area contributed by atoms with Crippen molar-refractivity contribution in [1.82, 2.24) is 5.32 Å². The Hall–Kier alpha value is -2.89. The van der Waals surface area contributed by atoms with Crippen LogP contribution < -0.4 is 25.3 Å². The van der Waals surface area contributed by atoms with Gasteiger partial charge in [-0.25, -0.2) is 4.99 Å². The fourth-order valence-electron chi connectivity index (χ4n) is 2.87.